The Bertz CT molecular complexity index is 880. The van der Waals surface area contributed by atoms with Crippen molar-refractivity contribution in [2.24, 2.45) is 0 Å². The fourth-order valence-electron chi connectivity index (χ4n) is 2.72. The van der Waals surface area contributed by atoms with Crippen molar-refractivity contribution in [1.29, 1.82) is 0 Å². The predicted molar refractivity (Wildman–Crippen MR) is 94.2 cm³/mol. The number of carbonyl (C=O) groups is 1. The van der Waals surface area contributed by atoms with Crippen LogP contribution in [-0.4, -0.2) is 26.5 Å². The van der Waals surface area contributed by atoms with Gasteiger partial charge in [0.05, 0.1) is 16.6 Å². The highest BCUT2D eigenvalue weighted by molar-refractivity contribution is 6.04. The molecule has 2 aromatic heterocycles. The van der Waals surface area contributed by atoms with Gasteiger partial charge in [-0.2, -0.15) is 0 Å². The van der Waals surface area contributed by atoms with Crippen LogP contribution >= 0.6 is 0 Å². The summed E-state index contributed by atoms with van der Waals surface area (Å²) < 4.78 is 1.99. The molecule has 6 heteroatoms. The smallest absolute Gasteiger partial charge is 0.259 e. The Hall–Kier alpha value is -2.89. The van der Waals surface area contributed by atoms with Crippen molar-refractivity contribution >= 4 is 28.7 Å². The van der Waals surface area contributed by atoms with Crippen LogP contribution in [0.15, 0.2) is 42.6 Å². The number of amides is 1. The standard InChI is InChI=1S/C18H19N5O/c1-2-23-15-6-4-3-5-14(15)21-18(23)22-17(24)12-7-10-16(19-11-12)20-13-8-9-13/h3-7,10-11,13H,2,8-9H2,1H3,(H,19,20)(H,21,22,24). The molecule has 0 aliphatic heterocycles. The summed E-state index contributed by atoms with van der Waals surface area (Å²) in [5.74, 6) is 1.17. The third-order valence-electron chi connectivity index (χ3n) is 4.15. The first-order valence-corrected chi connectivity index (χ1v) is 8.24. The minimum absolute atomic E-state index is 0.203. The zero-order chi connectivity index (χ0) is 16.5. The van der Waals surface area contributed by atoms with Crippen molar-refractivity contribution in [3.8, 4) is 0 Å². The Labute approximate surface area is 139 Å². The SMILES string of the molecule is CCn1c(NC(=O)c2ccc(NC3CC3)nc2)nc2ccccc21. The molecule has 2 heterocycles. The topological polar surface area (TPSA) is 71.8 Å². The van der Waals surface area contributed by atoms with Gasteiger partial charge in [-0.05, 0) is 44.0 Å². The molecule has 0 bridgehead atoms. The zero-order valence-electron chi connectivity index (χ0n) is 13.5. The fraction of sp³-hybridized carbons (Fsp3) is 0.278. The molecule has 122 valence electrons. The molecule has 6 nitrogen and oxygen atoms in total. The lowest BCUT2D eigenvalue weighted by molar-refractivity contribution is 0.102. The van der Waals surface area contributed by atoms with E-state index in [1.165, 1.54) is 12.8 Å². The number of rotatable bonds is 5. The van der Waals surface area contributed by atoms with Crippen molar-refractivity contribution in [2.45, 2.75) is 32.4 Å². The number of imidazole rings is 1. The number of para-hydroxylation sites is 2. The van der Waals surface area contributed by atoms with Gasteiger partial charge < -0.3 is 9.88 Å². The summed E-state index contributed by atoms with van der Waals surface area (Å²) >= 11 is 0. The second-order valence-corrected chi connectivity index (χ2v) is 5.97. The summed E-state index contributed by atoms with van der Waals surface area (Å²) in [7, 11) is 0. The van der Waals surface area contributed by atoms with Gasteiger partial charge in [-0.1, -0.05) is 12.1 Å². The van der Waals surface area contributed by atoms with Crippen LogP contribution in [-0.2, 0) is 6.54 Å². The van der Waals surface area contributed by atoms with Crippen LogP contribution in [0, 0.1) is 0 Å². The molecule has 2 N–H and O–H groups in total. The molecule has 0 unspecified atom stereocenters. The normalized spacial score (nSPS) is 13.9. The lowest BCUT2D eigenvalue weighted by Gasteiger charge is -2.08. The Balaban J connectivity index is 1.55. The van der Waals surface area contributed by atoms with Crippen LogP contribution in [0.2, 0.25) is 0 Å². The van der Waals surface area contributed by atoms with Gasteiger partial charge in [-0.15, -0.1) is 0 Å². The average molecular weight is 321 g/mol. The Morgan fingerprint density at radius 2 is 2.08 bits per heavy atom. The van der Waals surface area contributed by atoms with E-state index in [0.29, 0.717) is 17.6 Å². The largest absolute Gasteiger partial charge is 0.367 e. The van der Waals surface area contributed by atoms with E-state index in [4.69, 9.17) is 0 Å². The Morgan fingerprint density at radius 3 is 2.79 bits per heavy atom. The number of nitrogens with one attached hydrogen (secondary N) is 2. The molecule has 1 fully saturated rings. The molecule has 24 heavy (non-hydrogen) atoms. The Morgan fingerprint density at radius 1 is 1.25 bits per heavy atom. The second-order valence-electron chi connectivity index (χ2n) is 5.97. The number of aryl methyl sites for hydroxylation is 1. The van der Waals surface area contributed by atoms with Crippen LogP contribution < -0.4 is 10.6 Å². The first-order valence-electron chi connectivity index (χ1n) is 8.24. The summed E-state index contributed by atoms with van der Waals surface area (Å²) in [4.78, 5) is 21.3. The lowest BCUT2D eigenvalue weighted by atomic mass is 10.2. The molecule has 0 saturated heterocycles. The fourth-order valence-corrected chi connectivity index (χ4v) is 2.72. The number of carbonyl (C=O) groups excluding carboxylic acids is 1. The van der Waals surface area contributed by atoms with Crippen molar-refractivity contribution in [2.75, 3.05) is 10.6 Å². The quantitative estimate of drug-likeness (QED) is 0.756. The van der Waals surface area contributed by atoms with E-state index in [1.54, 1.807) is 12.3 Å². The molecule has 1 aliphatic rings. The van der Waals surface area contributed by atoms with Gasteiger partial charge in [0, 0.05) is 18.8 Å². The summed E-state index contributed by atoms with van der Waals surface area (Å²) in [6, 6.07) is 12.0. The Kier molecular flexibility index (Phi) is 3.65. The highest BCUT2D eigenvalue weighted by atomic mass is 16.1. The highest BCUT2D eigenvalue weighted by Gasteiger charge is 2.21. The first kappa shape index (κ1) is 14.7. The van der Waals surface area contributed by atoms with Gasteiger partial charge in [0.1, 0.15) is 5.82 Å². The monoisotopic (exact) mass is 321 g/mol. The van der Waals surface area contributed by atoms with E-state index in [-0.39, 0.29) is 5.91 Å². The van der Waals surface area contributed by atoms with Crippen molar-refractivity contribution in [3.63, 3.8) is 0 Å². The molecule has 0 radical (unpaired) electrons. The summed E-state index contributed by atoms with van der Waals surface area (Å²) in [5, 5.41) is 6.20. The maximum Gasteiger partial charge on any atom is 0.259 e. The van der Waals surface area contributed by atoms with Crippen molar-refractivity contribution in [3.05, 3.63) is 48.2 Å². The molecule has 1 aliphatic carbocycles. The molecule has 3 aromatic rings. The van der Waals surface area contributed by atoms with Gasteiger partial charge in [-0.3, -0.25) is 10.1 Å². The summed E-state index contributed by atoms with van der Waals surface area (Å²) in [6.45, 7) is 2.77. The summed E-state index contributed by atoms with van der Waals surface area (Å²) in [6.07, 6.45) is 3.98. The maximum atomic E-state index is 12.5. The lowest BCUT2D eigenvalue weighted by Crippen LogP contribution is -2.16. The van der Waals surface area contributed by atoms with Crippen LogP contribution in [0.3, 0.4) is 0 Å². The third kappa shape index (κ3) is 2.82. The number of pyridine rings is 1. The number of aromatic nitrogens is 3. The third-order valence-corrected chi connectivity index (χ3v) is 4.15. The van der Waals surface area contributed by atoms with Crippen molar-refractivity contribution in [1.82, 2.24) is 14.5 Å². The van der Waals surface area contributed by atoms with Gasteiger partial charge in [0.25, 0.3) is 5.91 Å². The van der Waals surface area contributed by atoms with Crippen molar-refractivity contribution < 1.29 is 4.79 Å². The van der Waals surface area contributed by atoms with Crippen LogP contribution in [0.5, 0.6) is 0 Å². The van der Waals surface area contributed by atoms with E-state index >= 15 is 0 Å². The molecule has 1 amide bonds. The maximum absolute atomic E-state index is 12.5. The summed E-state index contributed by atoms with van der Waals surface area (Å²) in [5.41, 5.74) is 2.40. The predicted octanol–water partition coefficient (Wildman–Crippen LogP) is 3.28. The van der Waals surface area contributed by atoms with E-state index in [1.807, 2.05) is 41.8 Å². The molecular formula is C18H19N5O. The van der Waals surface area contributed by atoms with Crippen LogP contribution in [0.4, 0.5) is 11.8 Å². The molecule has 1 saturated carbocycles. The van der Waals surface area contributed by atoms with E-state index in [2.05, 4.69) is 20.6 Å². The van der Waals surface area contributed by atoms with E-state index in [9.17, 15) is 4.79 Å². The number of fused-ring (bicyclic) bond motifs is 1. The number of hydrogen-bond acceptors (Lipinski definition) is 4. The highest BCUT2D eigenvalue weighted by Crippen LogP contribution is 2.24. The number of anilines is 2. The average Bonchev–Trinajstić information content (AvgIpc) is 3.34. The second kappa shape index (κ2) is 5.96. The minimum atomic E-state index is -0.203. The molecule has 0 atom stereocenters. The van der Waals surface area contributed by atoms with Gasteiger partial charge in [0.2, 0.25) is 5.95 Å². The number of hydrogen-bond donors (Lipinski definition) is 2. The molecular weight excluding hydrogens is 302 g/mol. The van der Waals surface area contributed by atoms with Gasteiger partial charge in [0.15, 0.2) is 0 Å². The molecule has 0 spiro atoms. The van der Waals surface area contributed by atoms with E-state index < -0.39 is 0 Å². The molecule has 1 aromatic carbocycles. The van der Waals surface area contributed by atoms with Crippen LogP contribution in [0.1, 0.15) is 30.1 Å². The number of benzene rings is 1. The van der Waals surface area contributed by atoms with Gasteiger partial charge >= 0.3 is 0 Å². The zero-order valence-corrected chi connectivity index (χ0v) is 13.5. The van der Waals surface area contributed by atoms with Crippen LogP contribution in [0.25, 0.3) is 11.0 Å². The number of nitrogens with zero attached hydrogens (tertiary/aromatic N) is 3. The van der Waals surface area contributed by atoms with Gasteiger partial charge in [-0.25, -0.2) is 9.97 Å². The first-order chi connectivity index (χ1) is 11.7. The van der Waals surface area contributed by atoms with E-state index in [0.717, 1.165) is 23.4 Å². The molecule has 4 rings (SSSR count). The minimum Gasteiger partial charge on any atom is -0.367 e.